The summed E-state index contributed by atoms with van der Waals surface area (Å²) in [5.74, 6) is 0. The zero-order valence-corrected chi connectivity index (χ0v) is 14.4. The predicted octanol–water partition coefficient (Wildman–Crippen LogP) is 5.48. The predicted molar refractivity (Wildman–Crippen MR) is 88.5 cm³/mol. The molecule has 1 aromatic heterocycles. The summed E-state index contributed by atoms with van der Waals surface area (Å²) in [6, 6.07) is 6.55. The van der Waals surface area contributed by atoms with Gasteiger partial charge in [0.05, 0.1) is 11.1 Å². The van der Waals surface area contributed by atoms with Crippen LogP contribution in [0.2, 0.25) is 5.02 Å². The van der Waals surface area contributed by atoms with Crippen LogP contribution in [0.5, 0.6) is 0 Å². The van der Waals surface area contributed by atoms with Gasteiger partial charge >= 0.3 is 0 Å². The van der Waals surface area contributed by atoms with E-state index in [1.807, 2.05) is 11.4 Å². The van der Waals surface area contributed by atoms with Crippen molar-refractivity contribution in [3.05, 3.63) is 54.6 Å². The molecule has 4 heteroatoms. The normalized spacial score (nSPS) is 12.7. The van der Waals surface area contributed by atoms with Crippen LogP contribution in [0.1, 0.15) is 34.5 Å². The highest BCUT2D eigenvalue weighted by Gasteiger charge is 2.19. The van der Waals surface area contributed by atoms with Crippen molar-refractivity contribution in [2.75, 3.05) is 6.54 Å². The van der Waals surface area contributed by atoms with Crippen molar-refractivity contribution in [1.29, 1.82) is 0 Å². The topological polar surface area (TPSA) is 12.0 Å². The monoisotopic (exact) mass is 357 g/mol. The number of hydrogen-bond acceptors (Lipinski definition) is 2. The second-order valence-electron chi connectivity index (χ2n) is 4.58. The Balaban J connectivity index is 2.51. The summed E-state index contributed by atoms with van der Waals surface area (Å²) < 4.78 is 1.15. The Bertz CT molecular complexity index is 580. The van der Waals surface area contributed by atoms with Crippen LogP contribution in [0.25, 0.3) is 0 Å². The summed E-state index contributed by atoms with van der Waals surface area (Å²) >= 11 is 11.6. The summed E-state index contributed by atoms with van der Waals surface area (Å²) in [5.41, 5.74) is 3.82. The molecule has 0 aliphatic rings. The van der Waals surface area contributed by atoms with Gasteiger partial charge in [0.25, 0.3) is 0 Å². The molecule has 19 heavy (non-hydrogen) atoms. The summed E-state index contributed by atoms with van der Waals surface area (Å²) in [5, 5.41) is 6.43. The molecule has 1 heterocycles. The highest BCUT2D eigenvalue weighted by atomic mass is 79.9. The van der Waals surface area contributed by atoms with E-state index in [0.29, 0.717) is 0 Å². The van der Waals surface area contributed by atoms with Crippen molar-refractivity contribution in [3.63, 3.8) is 0 Å². The minimum Gasteiger partial charge on any atom is -0.306 e. The fraction of sp³-hybridized carbons (Fsp3) is 0.333. The molecule has 2 aromatic rings. The zero-order chi connectivity index (χ0) is 14.0. The van der Waals surface area contributed by atoms with Gasteiger partial charge in [0.1, 0.15) is 0 Å². The lowest BCUT2D eigenvalue weighted by molar-refractivity contribution is 0.636. The molecule has 0 saturated carbocycles. The van der Waals surface area contributed by atoms with Crippen LogP contribution < -0.4 is 5.32 Å². The fourth-order valence-corrected chi connectivity index (χ4v) is 3.89. The Hall–Kier alpha value is -0.350. The van der Waals surface area contributed by atoms with E-state index in [1.165, 1.54) is 21.6 Å². The standard InChI is InChI=1S/C15H17BrClNS/c1-4-18-14(15-13(17)5-6-19-15)11-7-10(3)12(16)8-9(11)2/h5-8,14,18H,4H2,1-3H3. The smallest absolute Gasteiger partial charge is 0.0688 e. The van der Waals surface area contributed by atoms with Crippen LogP contribution in [0.15, 0.2) is 28.1 Å². The van der Waals surface area contributed by atoms with Gasteiger partial charge in [-0.3, -0.25) is 0 Å². The third-order valence-electron chi connectivity index (χ3n) is 3.17. The van der Waals surface area contributed by atoms with Crippen molar-refractivity contribution >= 4 is 38.9 Å². The first kappa shape index (κ1) is 15.0. The lowest BCUT2D eigenvalue weighted by Crippen LogP contribution is -2.22. The maximum Gasteiger partial charge on any atom is 0.0688 e. The molecule has 1 nitrogen and oxygen atoms in total. The molecule has 0 aliphatic heterocycles. The van der Waals surface area contributed by atoms with Crippen molar-refractivity contribution in [2.24, 2.45) is 0 Å². The van der Waals surface area contributed by atoms with Crippen molar-refractivity contribution in [1.82, 2.24) is 5.32 Å². The average Bonchev–Trinajstić information content (AvgIpc) is 2.77. The van der Waals surface area contributed by atoms with Crippen LogP contribution in [0.4, 0.5) is 0 Å². The van der Waals surface area contributed by atoms with Crippen LogP contribution in [0.3, 0.4) is 0 Å². The van der Waals surface area contributed by atoms with Gasteiger partial charge in [-0.2, -0.15) is 0 Å². The first-order chi connectivity index (χ1) is 9.04. The van der Waals surface area contributed by atoms with Crippen LogP contribution in [-0.2, 0) is 0 Å². The second kappa shape index (κ2) is 6.40. The maximum absolute atomic E-state index is 6.30. The zero-order valence-electron chi connectivity index (χ0n) is 11.3. The first-order valence-electron chi connectivity index (χ1n) is 6.27. The van der Waals surface area contributed by atoms with E-state index in [2.05, 4.69) is 54.2 Å². The summed E-state index contributed by atoms with van der Waals surface area (Å²) in [4.78, 5) is 1.19. The number of halogens is 2. The van der Waals surface area contributed by atoms with Crippen LogP contribution in [0, 0.1) is 13.8 Å². The van der Waals surface area contributed by atoms with Gasteiger partial charge in [-0.25, -0.2) is 0 Å². The Morgan fingerprint density at radius 1 is 1.32 bits per heavy atom. The highest BCUT2D eigenvalue weighted by Crippen LogP contribution is 2.35. The van der Waals surface area contributed by atoms with Crippen LogP contribution >= 0.6 is 38.9 Å². The van der Waals surface area contributed by atoms with E-state index in [0.717, 1.165) is 16.0 Å². The Morgan fingerprint density at radius 2 is 2.05 bits per heavy atom. The molecule has 2 rings (SSSR count). The average molecular weight is 359 g/mol. The van der Waals surface area contributed by atoms with E-state index in [4.69, 9.17) is 11.6 Å². The Labute approximate surface area is 132 Å². The largest absolute Gasteiger partial charge is 0.306 e. The van der Waals surface area contributed by atoms with Gasteiger partial charge in [-0.1, -0.05) is 40.5 Å². The second-order valence-corrected chi connectivity index (χ2v) is 6.79. The molecule has 0 bridgehead atoms. The molecule has 1 aromatic carbocycles. The third kappa shape index (κ3) is 3.22. The number of thiophene rings is 1. The summed E-state index contributed by atoms with van der Waals surface area (Å²) in [6.07, 6.45) is 0. The quantitative estimate of drug-likeness (QED) is 0.763. The minimum atomic E-state index is 0.171. The van der Waals surface area contributed by atoms with E-state index in [9.17, 15) is 0 Å². The van der Waals surface area contributed by atoms with Gasteiger partial charge in [0.15, 0.2) is 0 Å². The minimum absolute atomic E-state index is 0.171. The number of hydrogen-bond donors (Lipinski definition) is 1. The van der Waals surface area contributed by atoms with Crippen molar-refractivity contribution in [3.8, 4) is 0 Å². The van der Waals surface area contributed by atoms with E-state index < -0.39 is 0 Å². The van der Waals surface area contributed by atoms with E-state index in [1.54, 1.807) is 11.3 Å². The molecule has 0 amide bonds. The fourth-order valence-electron chi connectivity index (χ4n) is 2.17. The summed E-state index contributed by atoms with van der Waals surface area (Å²) in [7, 11) is 0. The maximum atomic E-state index is 6.30. The number of benzene rings is 1. The molecular weight excluding hydrogens is 342 g/mol. The van der Waals surface area contributed by atoms with Gasteiger partial charge < -0.3 is 5.32 Å². The molecule has 0 radical (unpaired) electrons. The molecule has 102 valence electrons. The molecule has 0 fully saturated rings. The van der Waals surface area contributed by atoms with Gasteiger partial charge in [0.2, 0.25) is 0 Å². The van der Waals surface area contributed by atoms with E-state index >= 15 is 0 Å². The highest BCUT2D eigenvalue weighted by molar-refractivity contribution is 9.10. The lowest BCUT2D eigenvalue weighted by atomic mass is 9.97. The van der Waals surface area contributed by atoms with Gasteiger partial charge in [-0.15, -0.1) is 11.3 Å². The molecule has 1 atom stereocenters. The van der Waals surface area contributed by atoms with Crippen molar-refractivity contribution in [2.45, 2.75) is 26.8 Å². The molecule has 1 N–H and O–H groups in total. The van der Waals surface area contributed by atoms with Crippen LogP contribution in [-0.4, -0.2) is 6.54 Å². The van der Waals surface area contributed by atoms with Gasteiger partial charge in [-0.05, 0) is 54.6 Å². The van der Waals surface area contributed by atoms with Gasteiger partial charge in [0, 0.05) is 9.35 Å². The third-order valence-corrected chi connectivity index (χ3v) is 5.45. The number of aryl methyl sites for hydroxylation is 2. The Kier molecular flexibility index (Phi) is 5.07. The molecule has 0 aliphatic carbocycles. The van der Waals surface area contributed by atoms with E-state index in [-0.39, 0.29) is 6.04 Å². The molecule has 0 saturated heterocycles. The number of nitrogens with one attached hydrogen (secondary N) is 1. The Morgan fingerprint density at radius 3 is 2.63 bits per heavy atom. The molecular formula is C15H17BrClNS. The molecule has 0 spiro atoms. The lowest BCUT2D eigenvalue weighted by Gasteiger charge is -2.21. The van der Waals surface area contributed by atoms with Crippen molar-refractivity contribution < 1.29 is 0 Å². The molecule has 1 unspecified atom stereocenters. The number of rotatable bonds is 4. The SMILES string of the molecule is CCNC(c1cc(C)c(Br)cc1C)c1sccc1Cl. The first-order valence-corrected chi connectivity index (χ1v) is 8.32. The summed E-state index contributed by atoms with van der Waals surface area (Å²) in [6.45, 7) is 7.29.